The van der Waals surface area contributed by atoms with E-state index >= 15 is 0 Å². The number of Topliss-reactive ketones (excluding diaryl/α,β-unsaturated/α-hetero) is 1. The SMILES string of the molecule is CC(C)(C)CC(=O)[C@@H]1CC(OC(=O)C(C)(C)Oc2ccc(C(=O)c3ccc(Cl)cc3)cc2)CN1C(=O)OC(C)(C)C. The minimum absolute atomic E-state index is 0.0405. The summed E-state index contributed by atoms with van der Waals surface area (Å²) in [4.78, 5) is 53.4. The molecule has 2 aromatic rings. The summed E-state index contributed by atoms with van der Waals surface area (Å²) in [6.07, 6.45) is -0.876. The van der Waals surface area contributed by atoms with Gasteiger partial charge in [0.05, 0.1) is 12.6 Å². The van der Waals surface area contributed by atoms with Gasteiger partial charge in [-0.3, -0.25) is 14.5 Å². The third-order valence-electron chi connectivity index (χ3n) is 6.33. The average Bonchev–Trinajstić information content (AvgIpc) is 3.26. The molecule has 1 fully saturated rings. The lowest BCUT2D eigenvalue weighted by atomic mass is 9.87. The van der Waals surface area contributed by atoms with Crippen molar-refractivity contribution in [1.29, 1.82) is 0 Å². The Labute approximate surface area is 247 Å². The summed E-state index contributed by atoms with van der Waals surface area (Å²) in [6.45, 7) is 14.3. The minimum Gasteiger partial charge on any atom is -0.476 e. The first-order valence-electron chi connectivity index (χ1n) is 13.7. The lowest BCUT2D eigenvalue weighted by Crippen LogP contribution is -2.44. The van der Waals surface area contributed by atoms with Crippen LogP contribution in [-0.2, 0) is 19.1 Å². The molecule has 2 aromatic carbocycles. The van der Waals surface area contributed by atoms with Crippen molar-refractivity contribution in [2.75, 3.05) is 6.54 Å². The van der Waals surface area contributed by atoms with Crippen molar-refractivity contribution >= 4 is 35.2 Å². The zero-order valence-corrected chi connectivity index (χ0v) is 25.8. The Hall–Kier alpha value is -3.39. The molecule has 1 unspecified atom stereocenters. The molecule has 41 heavy (non-hydrogen) atoms. The van der Waals surface area contributed by atoms with Gasteiger partial charge in [0.1, 0.15) is 17.5 Å². The Morgan fingerprint density at radius 2 is 1.39 bits per heavy atom. The third kappa shape index (κ3) is 9.05. The zero-order valence-electron chi connectivity index (χ0n) is 25.1. The van der Waals surface area contributed by atoms with Gasteiger partial charge in [0.25, 0.3) is 0 Å². The second-order valence-electron chi connectivity index (χ2n) is 13.1. The molecular formula is C32H40ClNO7. The molecule has 2 atom stereocenters. The number of ketones is 2. The van der Waals surface area contributed by atoms with E-state index in [-0.39, 0.29) is 36.4 Å². The van der Waals surface area contributed by atoms with Crippen LogP contribution in [-0.4, -0.2) is 58.4 Å². The van der Waals surface area contributed by atoms with E-state index in [4.69, 9.17) is 25.8 Å². The van der Waals surface area contributed by atoms with Gasteiger partial charge in [-0.2, -0.15) is 0 Å². The number of esters is 1. The molecule has 0 aliphatic carbocycles. The molecule has 1 aliphatic heterocycles. The number of ether oxygens (including phenoxy) is 3. The van der Waals surface area contributed by atoms with E-state index in [1.165, 1.54) is 4.90 Å². The minimum atomic E-state index is -1.38. The number of nitrogens with zero attached hydrogens (tertiary/aromatic N) is 1. The van der Waals surface area contributed by atoms with Gasteiger partial charge in [0.2, 0.25) is 0 Å². The maximum Gasteiger partial charge on any atom is 0.411 e. The highest BCUT2D eigenvalue weighted by molar-refractivity contribution is 6.30. The number of hydrogen-bond acceptors (Lipinski definition) is 7. The molecule has 3 rings (SSSR count). The lowest BCUT2D eigenvalue weighted by Gasteiger charge is -2.29. The number of likely N-dealkylation sites (tertiary alicyclic amines) is 1. The molecule has 0 aromatic heterocycles. The van der Waals surface area contributed by atoms with Crippen LogP contribution in [0.5, 0.6) is 5.75 Å². The molecule has 1 aliphatic rings. The summed E-state index contributed by atoms with van der Waals surface area (Å²) in [5, 5.41) is 0.543. The van der Waals surface area contributed by atoms with Gasteiger partial charge in [0.15, 0.2) is 17.2 Å². The standard InChI is InChI=1S/C32H40ClNO7/c1-30(2,3)18-26(35)25-17-24(19-34(25)29(38)41-31(4,5)6)39-28(37)32(7,8)40-23-15-11-21(12-16-23)27(36)20-9-13-22(33)14-10-20/h9-16,24-25H,17-19H2,1-8H3/t24?,25-/m0/s1. The van der Waals surface area contributed by atoms with Crippen LogP contribution in [0.2, 0.25) is 5.02 Å². The highest BCUT2D eigenvalue weighted by atomic mass is 35.5. The fourth-order valence-electron chi connectivity index (χ4n) is 4.42. The van der Waals surface area contributed by atoms with Gasteiger partial charge in [0, 0.05) is 29.0 Å². The first kappa shape index (κ1) is 32.1. The van der Waals surface area contributed by atoms with E-state index in [9.17, 15) is 19.2 Å². The van der Waals surface area contributed by atoms with Crippen LogP contribution in [0.3, 0.4) is 0 Å². The van der Waals surface area contributed by atoms with Crippen molar-refractivity contribution in [3.63, 3.8) is 0 Å². The molecule has 1 saturated heterocycles. The normalized spacial score (nSPS) is 17.6. The van der Waals surface area contributed by atoms with Crippen LogP contribution < -0.4 is 4.74 Å². The molecule has 0 saturated carbocycles. The van der Waals surface area contributed by atoms with Gasteiger partial charge < -0.3 is 14.2 Å². The quantitative estimate of drug-likeness (QED) is 0.252. The van der Waals surface area contributed by atoms with E-state index in [1.54, 1.807) is 83.1 Å². The first-order valence-corrected chi connectivity index (χ1v) is 14.1. The van der Waals surface area contributed by atoms with E-state index in [2.05, 4.69) is 0 Å². The van der Waals surface area contributed by atoms with E-state index in [0.29, 0.717) is 21.9 Å². The summed E-state index contributed by atoms with van der Waals surface area (Å²) >= 11 is 5.91. The maximum atomic E-state index is 13.2. The van der Waals surface area contributed by atoms with Crippen LogP contribution in [0.25, 0.3) is 0 Å². The monoisotopic (exact) mass is 585 g/mol. The van der Waals surface area contributed by atoms with Gasteiger partial charge in [-0.15, -0.1) is 0 Å². The fraction of sp³-hybridized carbons (Fsp3) is 0.500. The largest absolute Gasteiger partial charge is 0.476 e. The molecule has 0 bridgehead atoms. The number of benzene rings is 2. The van der Waals surface area contributed by atoms with Crippen LogP contribution >= 0.6 is 11.6 Å². The lowest BCUT2D eigenvalue weighted by molar-refractivity contribution is -0.164. The van der Waals surface area contributed by atoms with Crippen molar-refractivity contribution in [3.05, 3.63) is 64.7 Å². The van der Waals surface area contributed by atoms with E-state index < -0.39 is 35.4 Å². The Bertz CT molecular complexity index is 1240. The van der Waals surface area contributed by atoms with Crippen LogP contribution in [0.15, 0.2) is 48.5 Å². The average molecular weight is 586 g/mol. The summed E-state index contributed by atoms with van der Waals surface area (Å²) in [5.41, 5.74) is -1.43. The third-order valence-corrected chi connectivity index (χ3v) is 6.58. The van der Waals surface area contributed by atoms with Crippen molar-refractivity contribution < 1.29 is 33.4 Å². The second-order valence-corrected chi connectivity index (χ2v) is 13.5. The summed E-state index contributed by atoms with van der Waals surface area (Å²) in [5.74, 6) is -0.541. The van der Waals surface area contributed by atoms with Crippen LogP contribution in [0, 0.1) is 5.41 Å². The molecule has 0 spiro atoms. The summed E-state index contributed by atoms with van der Waals surface area (Å²) in [6, 6.07) is 12.3. The zero-order chi connectivity index (χ0) is 30.8. The van der Waals surface area contributed by atoms with Crippen molar-refractivity contribution in [1.82, 2.24) is 4.90 Å². The number of amides is 1. The molecule has 0 radical (unpaired) electrons. The molecule has 1 heterocycles. The fourth-order valence-corrected chi connectivity index (χ4v) is 4.55. The van der Waals surface area contributed by atoms with E-state index in [1.807, 2.05) is 20.8 Å². The predicted molar refractivity (Wildman–Crippen MR) is 156 cm³/mol. The van der Waals surface area contributed by atoms with Gasteiger partial charge in [-0.25, -0.2) is 9.59 Å². The number of halogens is 1. The van der Waals surface area contributed by atoms with Crippen molar-refractivity contribution in [3.8, 4) is 5.75 Å². The number of carbonyl (C=O) groups excluding carboxylic acids is 4. The Morgan fingerprint density at radius 3 is 1.90 bits per heavy atom. The number of carbonyl (C=O) groups is 4. The topological polar surface area (TPSA) is 99.2 Å². The second kappa shape index (κ2) is 12.2. The van der Waals surface area contributed by atoms with E-state index in [0.717, 1.165) is 0 Å². The Morgan fingerprint density at radius 1 is 0.854 bits per heavy atom. The number of hydrogen-bond donors (Lipinski definition) is 0. The van der Waals surface area contributed by atoms with Gasteiger partial charge in [-0.1, -0.05) is 32.4 Å². The molecule has 9 heteroatoms. The van der Waals surface area contributed by atoms with Gasteiger partial charge >= 0.3 is 12.1 Å². The molecule has 0 N–H and O–H groups in total. The highest BCUT2D eigenvalue weighted by Crippen LogP contribution is 2.30. The Balaban J connectivity index is 1.68. The van der Waals surface area contributed by atoms with Crippen LogP contribution in [0.4, 0.5) is 4.79 Å². The van der Waals surface area contributed by atoms with Gasteiger partial charge in [-0.05, 0) is 88.6 Å². The number of rotatable bonds is 8. The molecular weight excluding hydrogens is 546 g/mol. The van der Waals surface area contributed by atoms with Crippen LogP contribution in [0.1, 0.15) is 84.2 Å². The summed E-state index contributed by atoms with van der Waals surface area (Å²) in [7, 11) is 0. The Kier molecular flexibility index (Phi) is 9.58. The first-order chi connectivity index (χ1) is 18.8. The summed E-state index contributed by atoms with van der Waals surface area (Å²) < 4.78 is 17.2. The smallest absolute Gasteiger partial charge is 0.411 e. The predicted octanol–water partition coefficient (Wildman–Crippen LogP) is 6.65. The molecule has 8 nitrogen and oxygen atoms in total. The van der Waals surface area contributed by atoms with Crippen molar-refractivity contribution in [2.24, 2.45) is 5.41 Å². The maximum absolute atomic E-state index is 13.2. The highest BCUT2D eigenvalue weighted by Gasteiger charge is 2.45. The molecule has 1 amide bonds. The van der Waals surface area contributed by atoms with Crippen molar-refractivity contribution in [2.45, 2.75) is 91.6 Å². The molecule has 222 valence electrons.